The molecule has 3 atom stereocenters. The van der Waals surface area contributed by atoms with Gasteiger partial charge >= 0.3 is 0 Å². The van der Waals surface area contributed by atoms with Crippen LogP contribution in [0.2, 0.25) is 0 Å². The van der Waals surface area contributed by atoms with Crippen molar-refractivity contribution in [3.8, 4) is 5.75 Å². The smallest absolute Gasteiger partial charge is 0.248 e. The number of methoxy groups -OCH3 is 1. The first-order valence-electron chi connectivity index (χ1n) is 9.87. The maximum atomic E-state index is 13.1. The number of nitrogens with zero attached hydrogens (tertiary/aromatic N) is 1. The zero-order valence-corrected chi connectivity index (χ0v) is 18.8. The summed E-state index contributed by atoms with van der Waals surface area (Å²) in [6, 6.07) is 6.31. The molecule has 2 saturated carbocycles. The Morgan fingerprint density at radius 1 is 1.30 bits per heavy atom. The molecule has 5 heteroatoms. The van der Waals surface area contributed by atoms with E-state index in [2.05, 4.69) is 53.6 Å². The van der Waals surface area contributed by atoms with Gasteiger partial charge in [-0.05, 0) is 70.7 Å². The number of benzene rings is 1. The molecule has 4 nitrogen and oxygen atoms in total. The number of carbonyl (C=O) groups is 1. The topological polar surface area (TPSA) is 41.6 Å². The largest absolute Gasteiger partial charge is 0.495 e. The number of hydrogen-bond donors (Lipinski definition) is 1. The monoisotopic (exact) mass is 480 g/mol. The Hall–Kier alpha value is -1.24. The minimum Gasteiger partial charge on any atom is -0.495 e. The summed E-state index contributed by atoms with van der Waals surface area (Å²) in [5.41, 5.74) is 2.41. The van der Waals surface area contributed by atoms with Crippen LogP contribution in [0.3, 0.4) is 0 Å². The normalized spacial score (nSPS) is 31.8. The van der Waals surface area contributed by atoms with Crippen molar-refractivity contribution < 1.29 is 9.53 Å². The van der Waals surface area contributed by atoms with Gasteiger partial charge in [-0.2, -0.15) is 0 Å². The van der Waals surface area contributed by atoms with E-state index in [0.717, 1.165) is 39.6 Å². The van der Waals surface area contributed by atoms with Crippen molar-refractivity contribution in [3.05, 3.63) is 33.5 Å². The molecule has 0 saturated heterocycles. The van der Waals surface area contributed by atoms with E-state index in [4.69, 9.17) is 4.74 Å². The fraction of sp³-hybridized carbons (Fsp3) is 0.591. The van der Waals surface area contributed by atoms with Crippen LogP contribution in [-0.4, -0.2) is 30.5 Å². The molecule has 2 fully saturated rings. The third kappa shape index (κ3) is 3.06. The van der Waals surface area contributed by atoms with E-state index in [9.17, 15) is 4.79 Å². The Bertz CT molecular complexity index is 799. The second-order valence-electron chi connectivity index (χ2n) is 9.21. The number of amides is 1. The molecule has 1 heterocycles. The van der Waals surface area contributed by atoms with Crippen LogP contribution in [0.15, 0.2) is 30.0 Å². The predicted molar refractivity (Wildman–Crippen MR) is 117 cm³/mol. The second kappa shape index (κ2) is 6.68. The molecule has 1 N–H and O–H groups in total. The number of fused-ring (bicyclic) bond motifs is 2. The van der Waals surface area contributed by atoms with Gasteiger partial charge in [0, 0.05) is 34.4 Å². The highest BCUT2D eigenvalue weighted by molar-refractivity contribution is 14.1. The van der Waals surface area contributed by atoms with Crippen LogP contribution < -0.4 is 10.1 Å². The first-order valence-corrected chi connectivity index (χ1v) is 10.9. The average Bonchev–Trinajstić information content (AvgIpc) is 3.09. The minimum absolute atomic E-state index is 0.153. The molecule has 1 aliphatic heterocycles. The number of para-hydroxylation sites is 1. The lowest BCUT2D eigenvalue weighted by molar-refractivity contribution is -0.135. The molecule has 146 valence electrons. The highest BCUT2D eigenvalue weighted by Gasteiger charge is 2.61. The first kappa shape index (κ1) is 19.1. The van der Waals surface area contributed by atoms with Crippen molar-refractivity contribution in [1.82, 2.24) is 4.90 Å². The summed E-state index contributed by atoms with van der Waals surface area (Å²) in [5, 5.41) is 3.46. The van der Waals surface area contributed by atoms with Crippen LogP contribution >= 0.6 is 22.6 Å². The number of anilines is 1. The molecular formula is C22H29IN2O2. The number of rotatable bonds is 4. The van der Waals surface area contributed by atoms with E-state index in [1.165, 1.54) is 19.3 Å². The van der Waals surface area contributed by atoms with Gasteiger partial charge in [0.1, 0.15) is 5.75 Å². The van der Waals surface area contributed by atoms with E-state index in [1.54, 1.807) is 13.2 Å². The zero-order chi connectivity index (χ0) is 19.4. The van der Waals surface area contributed by atoms with Gasteiger partial charge in [0.05, 0.1) is 12.8 Å². The standard InChI is InChI=1S/C22H29IN2O2/c1-21(2)14-8-10-22(3,13-14)20(21)25-11-9-15(12-18(25)26)24-19-16(23)6-5-7-17(19)27-4/h5-7,12,14,20,24H,8-11,13H2,1-4H3/t14?,20-,22+/m1/s1. The van der Waals surface area contributed by atoms with Crippen LogP contribution in [0.4, 0.5) is 5.69 Å². The van der Waals surface area contributed by atoms with E-state index in [-0.39, 0.29) is 16.7 Å². The van der Waals surface area contributed by atoms with Gasteiger partial charge in [0.25, 0.3) is 0 Å². The zero-order valence-electron chi connectivity index (χ0n) is 16.6. The van der Waals surface area contributed by atoms with E-state index in [1.807, 2.05) is 18.2 Å². The first-order chi connectivity index (χ1) is 12.8. The lowest BCUT2D eigenvalue weighted by Crippen LogP contribution is -2.55. The Balaban J connectivity index is 1.56. The molecule has 1 amide bonds. The molecule has 0 aromatic heterocycles. The fourth-order valence-corrected chi connectivity index (χ4v) is 6.63. The Kier molecular flexibility index (Phi) is 4.72. The summed E-state index contributed by atoms with van der Waals surface area (Å²) < 4.78 is 6.57. The summed E-state index contributed by atoms with van der Waals surface area (Å²) in [5.74, 6) is 1.71. The van der Waals surface area contributed by atoms with E-state index < -0.39 is 0 Å². The molecule has 27 heavy (non-hydrogen) atoms. The number of ether oxygens (including phenoxy) is 1. The molecule has 1 aromatic carbocycles. The molecule has 3 aliphatic rings. The Morgan fingerprint density at radius 3 is 2.70 bits per heavy atom. The lowest BCUT2D eigenvalue weighted by atomic mass is 9.67. The van der Waals surface area contributed by atoms with Crippen LogP contribution in [0.5, 0.6) is 5.75 Å². The van der Waals surface area contributed by atoms with Gasteiger partial charge in [0.2, 0.25) is 5.91 Å². The van der Waals surface area contributed by atoms with Crippen LogP contribution in [0.25, 0.3) is 0 Å². The third-order valence-corrected chi connectivity index (χ3v) is 8.09. The molecule has 4 rings (SSSR count). The van der Waals surface area contributed by atoms with Crippen molar-refractivity contribution in [2.45, 2.75) is 52.5 Å². The number of carbonyl (C=O) groups excluding carboxylic acids is 1. The van der Waals surface area contributed by atoms with Gasteiger partial charge in [-0.1, -0.05) is 26.8 Å². The van der Waals surface area contributed by atoms with E-state index in [0.29, 0.717) is 6.04 Å². The van der Waals surface area contributed by atoms with Gasteiger partial charge in [-0.3, -0.25) is 4.79 Å². The number of nitrogens with one attached hydrogen (secondary N) is 1. The molecule has 0 spiro atoms. The quantitative estimate of drug-likeness (QED) is 0.614. The van der Waals surface area contributed by atoms with Crippen molar-refractivity contribution in [3.63, 3.8) is 0 Å². The fourth-order valence-electron chi connectivity index (χ4n) is 6.02. The summed E-state index contributed by atoms with van der Waals surface area (Å²) in [7, 11) is 1.68. The maximum Gasteiger partial charge on any atom is 0.248 e. The van der Waals surface area contributed by atoms with Crippen molar-refractivity contribution >= 4 is 34.2 Å². The summed E-state index contributed by atoms with van der Waals surface area (Å²) in [6.07, 6.45) is 6.49. The van der Waals surface area contributed by atoms with Crippen LogP contribution in [0, 0.1) is 20.3 Å². The van der Waals surface area contributed by atoms with Crippen LogP contribution in [-0.2, 0) is 4.79 Å². The highest BCUT2D eigenvalue weighted by atomic mass is 127. The minimum atomic E-state index is 0.153. The van der Waals surface area contributed by atoms with Crippen LogP contribution in [0.1, 0.15) is 46.5 Å². The highest BCUT2D eigenvalue weighted by Crippen LogP contribution is 2.64. The average molecular weight is 480 g/mol. The SMILES string of the molecule is COc1cccc(I)c1NC1=CC(=O)N([C@@H]2C(C)(C)C3CC[C@@]2(C)C3)CC1. The maximum absolute atomic E-state index is 13.1. The van der Waals surface area contributed by atoms with E-state index >= 15 is 0 Å². The van der Waals surface area contributed by atoms with Crippen molar-refractivity contribution in [2.75, 3.05) is 19.0 Å². The molecule has 2 bridgehead atoms. The Morgan fingerprint density at radius 2 is 2.07 bits per heavy atom. The molecule has 1 unspecified atom stereocenters. The molecule has 1 aromatic rings. The summed E-state index contributed by atoms with van der Waals surface area (Å²) >= 11 is 2.30. The lowest BCUT2D eigenvalue weighted by Gasteiger charge is -2.49. The van der Waals surface area contributed by atoms with Gasteiger partial charge in [-0.15, -0.1) is 0 Å². The summed E-state index contributed by atoms with van der Waals surface area (Å²) in [6.45, 7) is 7.93. The Labute approximate surface area is 175 Å². The van der Waals surface area contributed by atoms with Crippen molar-refractivity contribution in [2.24, 2.45) is 16.7 Å². The van der Waals surface area contributed by atoms with Crippen molar-refractivity contribution in [1.29, 1.82) is 0 Å². The van der Waals surface area contributed by atoms with Gasteiger partial charge in [0.15, 0.2) is 0 Å². The molecule has 2 aliphatic carbocycles. The number of halogens is 1. The number of hydrogen-bond acceptors (Lipinski definition) is 3. The third-order valence-electron chi connectivity index (χ3n) is 7.19. The molecule has 0 radical (unpaired) electrons. The predicted octanol–water partition coefficient (Wildman–Crippen LogP) is 5.04. The van der Waals surface area contributed by atoms with Gasteiger partial charge in [-0.25, -0.2) is 0 Å². The van der Waals surface area contributed by atoms with Gasteiger partial charge < -0.3 is 15.0 Å². The molecular weight excluding hydrogens is 451 g/mol. The summed E-state index contributed by atoms with van der Waals surface area (Å²) in [4.78, 5) is 15.3. The second-order valence-corrected chi connectivity index (χ2v) is 10.4.